The van der Waals surface area contributed by atoms with Crippen LogP contribution in [0.4, 0.5) is 0 Å². The summed E-state index contributed by atoms with van der Waals surface area (Å²) in [5.41, 5.74) is 3.94. The van der Waals surface area contributed by atoms with Crippen molar-refractivity contribution in [2.45, 2.75) is 20.8 Å². The van der Waals surface area contributed by atoms with Gasteiger partial charge in [0.2, 0.25) is 5.17 Å². The molecule has 0 atom stereocenters. The lowest BCUT2D eigenvalue weighted by atomic mass is 10.1. The lowest BCUT2D eigenvalue weighted by Crippen LogP contribution is -2.39. The number of rotatable bonds is 4. The van der Waals surface area contributed by atoms with Crippen LogP contribution < -0.4 is 4.74 Å². The number of aliphatic imine (C=N–C) groups is 1. The standard InChI is InChI=1S/C24H26N6O3S/c1-4-33-20-8-6-5-7-19(20)29-15(2)13-17(16(29)3)14-18-21(25)30-23(26-22(18)31)34-24(27-30)28-9-11-32-12-10-28/h5-8,13-14,25H,4,9-12H2,1-3H3/b18-14+,25-21?. The third-order valence-electron chi connectivity index (χ3n) is 5.90. The molecule has 1 saturated heterocycles. The van der Waals surface area contributed by atoms with Gasteiger partial charge in [-0.05, 0) is 62.4 Å². The molecule has 10 heteroatoms. The first-order chi connectivity index (χ1) is 16.5. The van der Waals surface area contributed by atoms with Gasteiger partial charge in [0.1, 0.15) is 5.75 Å². The van der Waals surface area contributed by atoms with Crippen LogP contribution in [0.3, 0.4) is 0 Å². The van der Waals surface area contributed by atoms with Crippen molar-refractivity contribution in [3.05, 3.63) is 52.9 Å². The highest BCUT2D eigenvalue weighted by atomic mass is 32.2. The van der Waals surface area contributed by atoms with Crippen LogP contribution >= 0.6 is 11.8 Å². The molecule has 4 heterocycles. The number of fused-ring (bicyclic) bond motifs is 1. The number of amides is 1. The Labute approximate surface area is 202 Å². The summed E-state index contributed by atoms with van der Waals surface area (Å²) in [5, 5.41) is 15.9. The van der Waals surface area contributed by atoms with Crippen molar-refractivity contribution in [1.82, 2.24) is 14.5 Å². The van der Waals surface area contributed by atoms with Gasteiger partial charge in [0.05, 0.1) is 31.1 Å². The first kappa shape index (κ1) is 22.4. The first-order valence-corrected chi connectivity index (χ1v) is 12.0. The van der Waals surface area contributed by atoms with E-state index in [0.717, 1.165) is 46.6 Å². The van der Waals surface area contributed by atoms with Crippen LogP contribution in [0.1, 0.15) is 23.9 Å². The monoisotopic (exact) mass is 478 g/mol. The average molecular weight is 479 g/mol. The molecule has 34 heavy (non-hydrogen) atoms. The van der Waals surface area contributed by atoms with E-state index in [2.05, 4.69) is 19.6 Å². The van der Waals surface area contributed by atoms with Gasteiger partial charge in [-0.25, -0.2) is 0 Å². The first-order valence-electron chi connectivity index (χ1n) is 11.2. The van der Waals surface area contributed by atoms with Crippen molar-refractivity contribution in [1.29, 1.82) is 5.41 Å². The molecule has 0 bridgehead atoms. The number of aromatic nitrogens is 1. The van der Waals surface area contributed by atoms with Gasteiger partial charge in [-0.15, -0.1) is 5.10 Å². The van der Waals surface area contributed by atoms with Crippen molar-refractivity contribution in [2.75, 3.05) is 32.9 Å². The molecule has 0 radical (unpaired) electrons. The van der Waals surface area contributed by atoms with Crippen LogP contribution in [0, 0.1) is 19.3 Å². The Bertz CT molecular complexity index is 1260. The maximum atomic E-state index is 12.9. The number of morpholine rings is 1. The van der Waals surface area contributed by atoms with E-state index in [0.29, 0.717) is 25.0 Å². The van der Waals surface area contributed by atoms with E-state index >= 15 is 0 Å². The number of carbonyl (C=O) groups is 1. The maximum Gasteiger partial charge on any atom is 0.283 e. The van der Waals surface area contributed by atoms with E-state index in [9.17, 15) is 4.79 Å². The highest BCUT2D eigenvalue weighted by Gasteiger charge is 2.37. The zero-order valence-corrected chi connectivity index (χ0v) is 20.2. The second-order valence-corrected chi connectivity index (χ2v) is 9.00. The summed E-state index contributed by atoms with van der Waals surface area (Å²) in [6, 6.07) is 9.88. The fraction of sp³-hybridized carbons (Fsp3) is 0.333. The van der Waals surface area contributed by atoms with Gasteiger partial charge >= 0.3 is 0 Å². The Morgan fingerprint density at radius 2 is 1.97 bits per heavy atom. The van der Waals surface area contributed by atoms with Gasteiger partial charge in [0.15, 0.2) is 11.0 Å². The molecule has 1 N–H and O–H groups in total. The number of hydrogen-bond acceptors (Lipinski definition) is 7. The molecule has 1 aromatic heterocycles. The third-order valence-corrected chi connectivity index (χ3v) is 6.87. The Balaban J connectivity index is 1.48. The molecule has 1 fully saturated rings. The molecular formula is C24H26N6O3S. The van der Waals surface area contributed by atoms with Gasteiger partial charge in [0, 0.05) is 24.5 Å². The topological polar surface area (TPSA) is 95.5 Å². The van der Waals surface area contributed by atoms with Gasteiger partial charge in [0.25, 0.3) is 5.91 Å². The Hall–Kier alpha value is -3.37. The Morgan fingerprint density at radius 3 is 2.74 bits per heavy atom. The van der Waals surface area contributed by atoms with Crippen LogP contribution in [-0.2, 0) is 9.53 Å². The predicted molar refractivity (Wildman–Crippen MR) is 134 cm³/mol. The van der Waals surface area contributed by atoms with Gasteiger partial charge in [-0.1, -0.05) is 12.1 Å². The zero-order chi connectivity index (χ0) is 23.8. The van der Waals surface area contributed by atoms with Crippen LogP contribution in [0.5, 0.6) is 5.75 Å². The minimum atomic E-state index is -0.429. The number of hydrazone groups is 1. The number of thioether (sulfide) groups is 1. The summed E-state index contributed by atoms with van der Waals surface area (Å²) in [4.78, 5) is 19.2. The second kappa shape index (κ2) is 9.11. The number of aryl methyl sites for hydroxylation is 1. The summed E-state index contributed by atoms with van der Waals surface area (Å²) < 4.78 is 13.3. The largest absolute Gasteiger partial charge is 0.492 e. The number of amidine groups is 3. The van der Waals surface area contributed by atoms with Crippen LogP contribution in [0.15, 0.2) is 46.0 Å². The summed E-state index contributed by atoms with van der Waals surface area (Å²) >= 11 is 1.32. The highest BCUT2D eigenvalue weighted by molar-refractivity contribution is 8.26. The lowest BCUT2D eigenvalue weighted by Gasteiger charge is -2.26. The summed E-state index contributed by atoms with van der Waals surface area (Å²) in [6.45, 7) is 9.26. The van der Waals surface area contributed by atoms with E-state index in [1.807, 2.05) is 51.1 Å². The summed E-state index contributed by atoms with van der Waals surface area (Å²) in [6.07, 6.45) is 1.74. The molecule has 3 aliphatic rings. The predicted octanol–water partition coefficient (Wildman–Crippen LogP) is 3.40. The van der Waals surface area contributed by atoms with Gasteiger partial charge in [-0.2, -0.15) is 10.0 Å². The molecule has 0 saturated carbocycles. The van der Waals surface area contributed by atoms with E-state index < -0.39 is 5.91 Å². The normalized spacial score (nSPS) is 19.4. The highest BCUT2D eigenvalue weighted by Crippen LogP contribution is 2.32. The van der Waals surface area contributed by atoms with Crippen molar-refractivity contribution in [3.63, 3.8) is 0 Å². The average Bonchev–Trinajstić information content (AvgIpc) is 3.38. The Kier molecular flexibility index (Phi) is 6.01. The van der Waals surface area contributed by atoms with Gasteiger partial charge in [-0.3, -0.25) is 10.2 Å². The molecule has 2 aromatic rings. The second-order valence-electron chi connectivity index (χ2n) is 8.06. The molecular weight excluding hydrogens is 452 g/mol. The van der Waals surface area contributed by atoms with Crippen molar-refractivity contribution < 1.29 is 14.3 Å². The SMILES string of the molecule is CCOc1ccccc1-n1c(C)cc(/C=C2\C(=N)N3N=C(N4CCOCC4)SC3=NC2=O)c1C. The molecule has 3 aliphatic heterocycles. The summed E-state index contributed by atoms with van der Waals surface area (Å²) in [5.74, 6) is 0.396. The van der Waals surface area contributed by atoms with E-state index in [4.69, 9.17) is 14.9 Å². The summed E-state index contributed by atoms with van der Waals surface area (Å²) in [7, 11) is 0. The quantitative estimate of drug-likeness (QED) is 0.677. The number of nitrogens with one attached hydrogen (secondary N) is 1. The molecule has 0 spiro atoms. The fourth-order valence-electron chi connectivity index (χ4n) is 4.24. The van der Waals surface area contributed by atoms with Crippen molar-refractivity contribution in [2.24, 2.45) is 10.1 Å². The smallest absolute Gasteiger partial charge is 0.283 e. The molecule has 9 nitrogen and oxygen atoms in total. The molecule has 1 amide bonds. The van der Waals surface area contributed by atoms with E-state index in [1.165, 1.54) is 16.8 Å². The molecule has 0 unspecified atom stereocenters. The molecule has 0 aliphatic carbocycles. The van der Waals surface area contributed by atoms with E-state index in [-0.39, 0.29) is 11.4 Å². The lowest BCUT2D eigenvalue weighted by molar-refractivity contribution is -0.114. The number of benzene rings is 1. The number of ether oxygens (including phenoxy) is 2. The van der Waals surface area contributed by atoms with Crippen molar-refractivity contribution >= 4 is 39.9 Å². The minimum absolute atomic E-state index is 0.0327. The molecule has 176 valence electrons. The zero-order valence-electron chi connectivity index (χ0n) is 19.4. The molecule has 5 rings (SSSR count). The van der Waals surface area contributed by atoms with Crippen LogP contribution in [-0.4, -0.2) is 69.5 Å². The third kappa shape index (κ3) is 3.92. The fourth-order valence-corrected chi connectivity index (χ4v) is 5.19. The van der Waals surface area contributed by atoms with Gasteiger partial charge < -0.3 is 18.9 Å². The van der Waals surface area contributed by atoms with Crippen molar-refractivity contribution in [3.8, 4) is 11.4 Å². The number of para-hydroxylation sites is 2. The molecule has 1 aromatic carbocycles. The number of hydrogen-bond donors (Lipinski definition) is 1. The number of nitrogens with zero attached hydrogens (tertiary/aromatic N) is 5. The number of carbonyl (C=O) groups excluding carboxylic acids is 1. The maximum absolute atomic E-state index is 12.9. The van der Waals surface area contributed by atoms with Crippen LogP contribution in [0.25, 0.3) is 11.8 Å². The van der Waals surface area contributed by atoms with Crippen LogP contribution in [0.2, 0.25) is 0 Å². The minimum Gasteiger partial charge on any atom is -0.492 e. The van der Waals surface area contributed by atoms with E-state index in [1.54, 1.807) is 6.08 Å². The Morgan fingerprint density at radius 1 is 1.21 bits per heavy atom.